The van der Waals surface area contributed by atoms with E-state index in [2.05, 4.69) is 0 Å². The van der Waals surface area contributed by atoms with Crippen LogP contribution in [0.25, 0.3) is 0 Å². The average Bonchev–Trinajstić information content (AvgIpc) is 2.90. The maximum Gasteiger partial charge on any atom is 0.150 e. The molecule has 15 heavy (non-hydrogen) atoms. The van der Waals surface area contributed by atoms with Crippen molar-refractivity contribution in [2.24, 2.45) is 5.73 Å². The zero-order valence-corrected chi connectivity index (χ0v) is 9.49. The maximum absolute atomic E-state index is 13.9. The summed E-state index contributed by atoms with van der Waals surface area (Å²) in [5, 5.41) is 0.111. The van der Waals surface area contributed by atoms with Crippen LogP contribution in [0.2, 0.25) is 5.02 Å². The molecule has 0 radical (unpaired) electrons. The standard InChI is InChI=1S/C11H13ClFNO/c1-6-5-7(12)9(13)8(10(6)15-2)11(14)3-4-11/h5H,3-4,14H2,1-2H3. The summed E-state index contributed by atoms with van der Waals surface area (Å²) in [4.78, 5) is 0. The molecule has 1 aromatic rings. The molecule has 4 heteroatoms. The van der Waals surface area contributed by atoms with E-state index in [-0.39, 0.29) is 5.02 Å². The van der Waals surface area contributed by atoms with Gasteiger partial charge in [0, 0.05) is 5.54 Å². The third kappa shape index (κ3) is 1.60. The van der Waals surface area contributed by atoms with Crippen LogP contribution >= 0.6 is 11.6 Å². The highest BCUT2D eigenvalue weighted by molar-refractivity contribution is 6.31. The predicted octanol–water partition coefficient (Wildman–Crippen LogP) is 2.74. The Bertz CT molecular complexity index is 416. The molecule has 0 aromatic heterocycles. The van der Waals surface area contributed by atoms with Crippen LogP contribution in [0.15, 0.2) is 6.07 Å². The minimum absolute atomic E-state index is 0.111. The van der Waals surface area contributed by atoms with Gasteiger partial charge >= 0.3 is 0 Å². The monoisotopic (exact) mass is 229 g/mol. The van der Waals surface area contributed by atoms with Crippen LogP contribution in [0.3, 0.4) is 0 Å². The average molecular weight is 230 g/mol. The van der Waals surface area contributed by atoms with Crippen LogP contribution in [0.1, 0.15) is 24.0 Å². The van der Waals surface area contributed by atoms with Crippen molar-refractivity contribution in [3.8, 4) is 5.75 Å². The molecule has 2 nitrogen and oxygen atoms in total. The highest BCUT2D eigenvalue weighted by atomic mass is 35.5. The molecule has 0 unspecified atom stereocenters. The van der Waals surface area contributed by atoms with E-state index in [1.807, 2.05) is 6.92 Å². The van der Waals surface area contributed by atoms with Crippen molar-refractivity contribution in [1.29, 1.82) is 0 Å². The van der Waals surface area contributed by atoms with Crippen LogP contribution in [0.4, 0.5) is 4.39 Å². The van der Waals surface area contributed by atoms with Crippen LogP contribution in [-0.4, -0.2) is 7.11 Å². The van der Waals surface area contributed by atoms with Gasteiger partial charge in [0.15, 0.2) is 5.82 Å². The van der Waals surface area contributed by atoms with Gasteiger partial charge in [-0.2, -0.15) is 0 Å². The highest BCUT2D eigenvalue weighted by Crippen LogP contribution is 2.49. The van der Waals surface area contributed by atoms with Gasteiger partial charge in [-0.3, -0.25) is 0 Å². The number of methoxy groups -OCH3 is 1. The number of ether oxygens (including phenoxy) is 1. The van der Waals surface area contributed by atoms with E-state index in [0.29, 0.717) is 11.3 Å². The van der Waals surface area contributed by atoms with E-state index in [4.69, 9.17) is 22.1 Å². The molecular formula is C11H13ClFNO. The highest BCUT2D eigenvalue weighted by Gasteiger charge is 2.45. The summed E-state index contributed by atoms with van der Waals surface area (Å²) in [6.07, 6.45) is 1.56. The summed E-state index contributed by atoms with van der Waals surface area (Å²) in [6, 6.07) is 1.56. The first-order chi connectivity index (χ1) is 6.99. The molecule has 0 aliphatic heterocycles. The topological polar surface area (TPSA) is 35.2 Å². The third-order valence-corrected chi connectivity index (χ3v) is 3.12. The summed E-state index contributed by atoms with van der Waals surface area (Å²) in [7, 11) is 1.52. The molecule has 0 amide bonds. The molecule has 2 rings (SSSR count). The SMILES string of the molecule is COc1c(C)cc(Cl)c(F)c1C1(N)CC1. The normalized spacial score (nSPS) is 17.7. The number of hydrogen-bond acceptors (Lipinski definition) is 2. The Morgan fingerprint density at radius 1 is 1.53 bits per heavy atom. The van der Waals surface area contributed by atoms with Gasteiger partial charge in [0.25, 0.3) is 0 Å². The van der Waals surface area contributed by atoms with Gasteiger partial charge in [-0.15, -0.1) is 0 Å². The maximum atomic E-state index is 13.9. The Morgan fingerprint density at radius 2 is 2.13 bits per heavy atom. The lowest BCUT2D eigenvalue weighted by atomic mass is 10.0. The van der Waals surface area contributed by atoms with E-state index in [1.54, 1.807) is 6.07 Å². The first-order valence-corrected chi connectivity index (χ1v) is 5.19. The van der Waals surface area contributed by atoms with Gasteiger partial charge in [-0.25, -0.2) is 4.39 Å². The van der Waals surface area contributed by atoms with Crippen LogP contribution in [0.5, 0.6) is 5.75 Å². The Hall–Kier alpha value is -0.800. The predicted molar refractivity (Wildman–Crippen MR) is 57.8 cm³/mol. The Kier molecular flexibility index (Phi) is 2.40. The van der Waals surface area contributed by atoms with Crippen molar-refractivity contribution in [1.82, 2.24) is 0 Å². The largest absolute Gasteiger partial charge is 0.496 e. The fourth-order valence-corrected chi connectivity index (χ4v) is 2.09. The van der Waals surface area contributed by atoms with E-state index in [0.717, 1.165) is 18.4 Å². The molecule has 2 N–H and O–H groups in total. The molecule has 1 aliphatic carbocycles. The van der Waals surface area contributed by atoms with Crippen molar-refractivity contribution in [3.63, 3.8) is 0 Å². The second-order valence-electron chi connectivity index (χ2n) is 4.05. The fourth-order valence-electron chi connectivity index (χ4n) is 1.83. The Labute approximate surface area is 93.2 Å². The molecule has 0 saturated heterocycles. The number of nitrogens with two attached hydrogens (primary N) is 1. The number of benzene rings is 1. The minimum Gasteiger partial charge on any atom is -0.496 e. The summed E-state index contributed by atoms with van der Waals surface area (Å²) in [5.74, 6) is 0.0796. The second-order valence-corrected chi connectivity index (χ2v) is 4.46. The number of aryl methyl sites for hydroxylation is 1. The smallest absolute Gasteiger partial charge is 0.150 e. The number of halogens is 2. The van der Waals surface area contributed by atoms with Gasteiger partial charge in [0.05, 0.1) is 17.7 Å². The van der Waals surface area contributed by atoms with Crippen molar-refractivity contribution in [2.45, 2.75) is 25.3 Å². The van der Waals surface area contributed by atoms with E-state index >= 15 is 0 Å². The summed E-state index contributed by atoms with van der Waals surface area (Å²) < 4.78 is 19.1. The van der Waals surface area contributed by atoms with Gasteiger partial charge in [-0.1, -0.05) is 11.6 Å². The van der Waals surface area contributed by atoms with Crippen LogP contribution in [-0.2, 0) is 5.54 Å². The van der Waals surface area contributed by atoms with Gasteiger partial charge in [0.1, 0.15) is 5.75 Å². The summed E-state index contributed by atoms with van der Waals surface area (Å²) >= 11 is 5.80. The van der Waals surface area contributed by atoms with E-state index < -0.39 is 11.4 Å². The van der Waals surface area contributed by atoms with Gasteiger partial charge in [0.2, 0.25) is 0 Å². The lowest BCUT2D eigenvalue weighted by molar-refractivity contribution is 0.394. The van der Waals surface area contributed by atoms with Crippen molar-refractivity contribution < 1.29 is 9.13 Å². The summed E-state index contributed by atoms with van der Waals surface area (Å²) in [6.45, 7) is 1.83. The zero-order chi connectivity index (χ0) is 11.2. The third-order valence-electron chi connectivity index (χ3n) is 2.85. The first-order valence-electron chi connectivity index (χ1n) is 4.81. The molecule has 1 fully saturated rings. The Morgan fingerprint density at radius 3 is 2.60 bits per heavy atom. The molecular weight excluding hydrogens is 217 g/mol. The molecule has 82 valence electrons. The molecule has 1 saturated carbocycles. The second kappa shape index (κ2) is 3.35. The number of hydrogen-bond donors (Lipinski definition) is 1. The van der Waals surface area contributed by atoms with Crippen LogP contribution in [0, 0.1) is 12.7 Å². The molecule has 1 aliphatic rings. The van der Waals surface area contributed by atoms with Crippen molar-refractivity contribution >= 4 is 11.6 Å². The first kappa shape index (κ1) is 10.7. The molecule has 0 atom stereocenters. The van der Waals surface area contributed by atoms with Gasteiger partial charge < -0.3 is 10.5 Å². The van der Waals surface area contributed by atoms with Crippen molar-refractivity contribution in [3.05, 3.63) is 28.0 Å². The quantitative estimate of drug-likeness (QED) is 0.847. The van der Waals surface area contributed by atoms with Gasteiger partial charge in [-0.05, 0) is 31.4 Å². The molecule has 0 heterocycles. The lowest BCUT2D eigenvalue weighted by Gasteiger charge is -2.18. The van der Waals surface area contributed by atoms with Crippen molar-refractivity contribution in [2.75, 3.05) is 7.11 Å². The number of rotatable bonds is 2. The molecule has 1 aromatic carbocycles. The fraction of sp³-hybridized carbons (Fsp3) is 0.455. The molecule has 0 spiro atoms. The Balaban J connectivity index is 2.68. The zero-order valence-electron chi connectivity index (χ0n) is 8.73. The summed E-state index contributed by atoms with van der Waals surface area (Å²) in [5.41, 5.74) is 6.67. The molecule has 0 bridgehead atoms. The van der Waals surface area contributed by atoms with E-state index in [1.165, 1.54) is 7.11 Å². The van der Waals surface area contributed by atoms with Crippen LogP contribution < -0.4 is 10.5 Å². The lowest BCUT2D eigenvalue weighted by Crippen LogP contribution is -2.22. The minimum atomic E-state index is -0.578. The van der Waals surface area contributed by atoms with E-state index in [9.17, 15) is 4.39 Å².